The molecule has 116 valence electrons. The van der Waals surface area contributed by atoms with Gasteiger partial charge in [-0.2, -0.15) is 0 Å². The second kappa shape index (κ2) is 5.35. The van der Waals surface area contributed by atoms with Crippen molar-refractivity contribution in [1.82, 2.24) is 4.90 Å². The number of sulfone groups is 1. The molecule has 1 amide bonds. The number of carbonyl (C=O) groups excluding carboxylic acids is 1. The Hall–Kier alpha value is -1.11. The fraction of sp³-hybridized carbons (Fsp3) is 0.846. The molecule has 0 aromatic heterocycles. The summed E-state index contributed by atoms with van der Waals surface area (Å²) in [5.41, 5.74) is -0.568. The lowest BCUT2D eigenvalue weighted by Gasteiger charge is -2.27. The molecule has 0 aromatic rings. The Morgan fingerprint density at radius 2 is 1.75 bits per heavy atom. The Labute approximate surface area is 120 Å². The van der Waals surface area contributed by atoms with Gasteiger partial charge in [0.1, 0.15) is 9.84 Å². The zero-order valence-electron chi connectivity index (χ0n) is 12.6. The van der Waals surface area contributed by atoms with Crippen molar-refractivity contribution in [2.75, 3.05) is 18.6 Å². The largest absolute Gasteiger partial charge is 0.481 e. The lowest BCUT2D eigenvalue weighted by molar-refractivity contribution is -0.142. The third kappa shape index (κ3) is 3.50. The van der Waals surface area contributed by atoms with E-state index in [9.17, 15) is 18.0 Å². The number of hydrogen-bond acceptors (Lipinski definition) is 4. The van der Waals surface area contributed by atoms with Crippen LogP contribution < -0.4 is 0 Å². The summed E-state index contributed by atoms with van der Waals surface area (Å²) < 4.78 is 22.5. The minimum atomic E-state index is -3.16. The van der Waals surface area contributed by atoms with E-state index in [1.54, 1.807) is 27.7 Å². The van der Waals surface area contributed by atoms with Crippen LogP contribution >= 0.6 is 0 Å². The summed E-state index contributed by atoms with van der Waals surface area (Å²) in [5, 5.41) is 9.12. The number of amides is 1. The van der Waals surface area contributed by atoms with E-state index in [1.807, 2.05) is 0 Å². The molecule has 0 spiro atoms. The minimum Gasteiger partial charge on any atom is -0.481 e. The van der Waals surface area contributed by atoms with Crippen LogP contribution in [-0.4, -0.2) is 54.9 Å². The van der Waals surface area contributed by atoms with Crippen LogP contribution in [0, 0.1) is 17.3 Å². The summed E-state index contributed by atoms with van der Waals surface area (Å²) >= 11 is 0. The fourth-order valence-electron chi connectivity index (χ4n) is 2.63. The molecule has 0 bridgehead atoms. The quantitative estimate of drug-likeness (QED) is 0.777. The highest BCUT2D eigenvalue weighted by Gasteiger charge is 2.66. The van der Waals surface area contributed by atoms with Crippen LogP contribution in [0.4, 0.5) is 0 Å². The maximum atomic E-state index is 12.5. The highest BCUT2D eigenvalue weighted by Crippen LogP contribution is 2.59. The van der Waals surface area contributed by atoms with Gasteiger partial charge in [0, 0.05) is 18.8 Å². The topological polar surface area (TPSA) is 91.8 Å². The molecule has 0 aliphatic heterocycles. The van der Waals surface area contributed by atoms with E-state index in [1.165, 1.54) is 4.90 Å². The standard InChI is InChI=1S/C13H23NO5S/c1-8(2)14(6-7-20(5,18)19)11(15)9-10(12(16)17)13(9,3)4/h8-10H,6-7H2,1-5H3,(H,16,17)/t9-,10+/m0/s1. The third-order valence-electron chi connectivity index (χ3n) is 3.97. The molecule has 1 aliphatic carbocycles. The maximum absolute atomic E-state index is 12.5. The molecule has 7 heteroatoms. The molecule has 2 atom stereocenters. The molecule has 1 N–H and O–H groups in total. The number of nitrogens with zero attached hydrogens (tertiary/aromatic N) is 1. The van der Waals surface area contributed by atoms with E-state index >= 15 is 0 Å². The normalized spacial score (nSPS) is 24.5. The van der Waals surface area contributed by atoms with Crippen molar-refractivity contribution in [2.24, 2.45) is 17.3 Å². The van der Waals surface area contributed by atoms with E-state index in [2.05, 4.69) is 0 Å². The summed E-state index contributed by atoms with van der Waals surface area (Å²) in [7, 11) is -3.16. The molecular formula is C13H23NO5S. The molecule has 0 saturated heterocycles. The van der Waals surface area contributed by atoms with E-state index < -0.39 is 33.1 Å². The predicted octanol–water partition coefficient (Wildman–Crippen LogP) is 0.625. The average Bonchev–Trinajstić information content (AvgIpc) is 2.79. The van der Waals surface area contributed by atoms with Crippen molar-refractivity contribution in [1.29, 1.82) is 0 Å². The number of carboxylic acid groups (broad SMARTS) is 1. The number of carbonyl (C=O) groups is 2. The van der Waals surface area contributed by atoms with E-state index in [4.69, 9.17) is 5.11 Å². The van der Waals surface area contributed by atoms with Crippen molar-refractivity contribution in [3.05, 3.63) is 0 Å². The lowest BCUT2D eigenvalue weighted by Crippen LogP contribution is -2.42. The summed E-state index contributed by atoms with van der Waals surface area (Å²) in [5.74, 6) is -2.60. The minimum absolute atomic E-state index is 0.105. The summed E-state index contributed by atoms with van der Waals surface area (Å²) in [6.45, 7) is 7.21. The van der Waals surface area contributed by atoms with E-state index in [0.29, 0.717) is 0 Å². The van der Waals surface area contributed by atoms with Gasteiger partial charge in [-0.1, -0.05) is 13.8 Å². The van der Waals surface area contributed by atoms with Gasteiger partial charge in [-0.15, -0.1) is 0 Å². The molecule has 1 saturated carbocycles. The molecule has 1 rings (SSSR count). The van der Waals surface area contributed by atoms with Crippen LogP contribution in [0.15, 0.2) is 0 Å². The van der Waals surface area contributed by atoms with Crippen LogP contribution in [0.25, 0.3) is 0 Å². The molecule has 0 unspecified atom stereocenters. The first-order valence-corrected chi connectivity index (χ1v) is 8.66. The number of rotatable bonds is 6. The molecule has 1 aliphatic rings. The van der Waals surface area contributed by atoms with Crippen LogP contribution in [0.3, 0.4) is 0 Å². The second-order valence-electron chi connectivity index (χ2n) is 6.37. The smallest absolute Gasteiger partial charge is 0.307 e. The van der Waals surface area contributed by atoms with Gasteiger partial charge in [-0.05, 0) is 19.3 Å². The Morgan fingerprint density at radius 1 is 1.25 bits per heavy atom. The maximum Gasteiger partial charge on any atom is 0.307 e. The molecule has 0 radical (unpaired) electrons. The average molecular weight is 305 g/mol. The first kappa shape index (κ1) is 16.9. The molecule has 1 fully saturated rings. The van der Waals surface area contributed by atoms with Crippen molar-refractivity contribution in [2.45, 2.75) is 33.7 Å². The predicted molar refractivity (Wildman–Crippen MR) is 75.0 cm³/mol. The Bertz CT molecular complexity index is 509. The second-order valence-corrected chi connectivity index (χ2v) is 8.63. The highest BCUT2D eigenvalue weighted by atomic mass is 32.2. The molecule has 0 heterocycles. The molecule has 6 nitrogen and oxygen atoms in total. The van der Waals surface area contributed by atoms with Gasteiger partial charge in [-0.3, -0.25) is 9.59 Å². The Morgan fingerprint density at radius 3 is 2.05 bits per heavy atom. The summed E-state index contributed by atoms with van der Waals surface area (Å²) in [4.78, 5) is 25.1. The van der Waals surface area contributed by atoms with Crippen molar-refractivity contribution in [3.63, 3.8) is 0 Å². The first-order valence-electron chi connectivity index (χ1n) is 6.60. The zero-order valence-corrected chi connectivity index (χ0v) is 13.4. The number of aliphatic carboxylic acids is 1. The Balaban J connectivity index is 2.84. The number of hydrogen-bond donors (Lipinski definition) is 1. The molecule has 0 aromatic carbocycles. The Kier molecular flexibility index (Phi) is 4.53. The first-order chi connectivity index (χ1) is 8.89. The molecular weight excluding hydrogens is 282 g/mol. The van der Waals surface area contributed by atoms with Gasteiger partial charge >= 0.3 is 5.97 Å². The third-order valence-corrected chi connectivity index (χ3v) is 4.89. The van der Waals surface area contributed by atoms with Crippen LogP contribution in [0.2, 0.25) is 0 Å². The zero-order chi connectivity index (χ0) is 15.9. The van der Waals surface area contributed by atoms with Gasteiger partial charge in [0.15, 0.2) is 0 Å². The van der Waals surface area contributed by atoms with Crippen molar-refractivity contribution in [3.8, 4) is 0 Å². The van der Waals surface area contributed by atoms with Crippen molar-refractivity contribution < 1.29 is 23.1 Å². The van der Waals surface area contributed by atoms with Crippen LogP contribution in [-0.2, 0) is 19.4 Å². The summed E-state index contributed by atoms with van der Waals surface area (Å²) in [6, 6.07) is -0.157. The van der Waals surface area contributed by atoms with Crippen LogP contribution in [0.5, 0.6) is 0 Å². The number of carboxylic acids is 1. The van der Waals surface area contributed by atoms with Crippen molar-refractivity contribution >= 4 is 21.7 Å². The monoisotopic (exact) mass is 305 g/mol. The highest BCUT2D eigenvalue weighted by molar-refractivity contribution is 7.90. The van der Waals surface area contributed by atoms with E-state index in [0.717, 1.165) is 6.26 Å². The van der Waals surface area contributed by atoms with Crippen LogP contribution in [0.1, 0.15) is 27.7 Å². The lowest BCUT2D eigenvalue weighted by atomic mass is 10.1. The molecule has 20 heavy (non-hydrogen) atoms. The summed E-state index contributed by atoms with van der Waals surface area (Å²) in [6.07, 6.45) is 1.12. The van der Waals surface area contributed by atoms with Gasteiger partial charge in [0.05, 0.1) is 17.6 Å². The van der Waals surface area contributed by atoms with Gasteiger partial charge < -0.3 is 10.0 Å². The fourth-order valence-corrected chi connectivity index (χ4v) is 3.15. The van der Waals surface area contributed by atoms with Gasteiger partial charge in [0.2, 0.25) is 5.91 Å². The van der Waals surface area contributed by atoms with Gasteiger partial charge in [0.25, 0.3) is 0 Å². The SMILES string of the molecule is CC(C)N(CCS(C)(=O)=O)C(=O)[C@@H]1[C@H](C(=O)O)C1(C)C. The van der Waals surface area contributed by atoms with Gasteiger partial charge in [-0.25, -0.2) is 8.42 Å². The van der Waals surface area contributed by atoms with E-state index in [-0.39, 0.29) is 24.2 Å².